The summed E-state index contributed by atoms with van der Waals surface area (Å²) in [6.45, 7) is 6.24. The lowest BCUT2D eigenvalue weighted by Gasteiger charge is -2.27. The Labute approximate surface area is 168 Å². The number of nitrogens with zero attached hydrogens (tertiary/aromatic N) is 1. The van der Waals surface area contributed by atoms with E-state index in [1.165, 1.54) is 24.3 Å². The van der Waals surface area contributed by atoms with Crippen LogP contribution >= 0.6 is 11.8 Å². The van der Waals surface area contributed by atoms with Crippen LogP contribution in [0.3, 0.4) is 0 Å². The van der Waals surface area contributed by atoms with Gasteiger partial charge in [-0.15, -0.1) is 11.8 Å². The van der Waals surface area contributed by atoms with E-state index in [9.17, 15) is 24.0 Å². The van der Waals surface area contributed by atoms with Gasteiger partial charge in [-0.3, -0.25) is 14.4 Å². The van der Waals surface area contributed by atoms with Gasteiger partial charge in [0.15, 0.2) is 6.61 Å². The first-order valence-corrected chi connectivity index (χ1v) is 9.68. The molecule has 1 aromatic rings. The fourth-order valence-electron chi connectivity index (χ4n) is 1.88. The molecule has 0 aliphatic carbocycles. The van der Waals surface area contributed by atoms with Gasteiger partial charge in [-0.1, -0.05) is 13.8 Å². The molecule has 2 atom stereocenters. The van der Waals surface area contributed by atoms with Crippen molar-refractivity contribution < 1.29 is 23.5 Å². The van der Waals surface area contributed by atoms with Gasteiger partial charge in [0.25, 0.3) is 5.91 Å². The number of nitrogens with one attached hydrogen (secondary N) is 2. The maximum atomic E-state index is 12.8. The van der Waals surface area contributed by atoms with Gasteiger partial charge in [0.1, 0.15) is 16.6 Å². The van der Waals surface area contributed by atoms with Crippen LogP contribution in [0.15, 0.2) is 24.3 Å². The molecule has 0 saturated carbocycles. The number of benzene rings is 1. The molecule has 0 radical (unpaired) electrons. The molecule has 28 heavy (non-hydrogen) atoms. The van der Waals surface area contributed by atoms with Gasteiger partial charge in [-0.25, -0.2) is 4.39 Å². The molecule has 7 nitrogen and oxygen atoms in total. The normalized spacial score (nSPS) is 13.8. The molecule has 0 heterocycles. The Hall–Kier alpha value is -2.60. The van der Waals surface area contributed by atoms with Gasteiger partial charge >= 0.3 is 5.97 Å². The van der Waals surface area contributed by atoms with Gasteiger partial charge in [0.05, 0.1) is 11.8 Å². The lowest BCUT2D eigenvalue weighted by Crippen LogP contribution is -2.50. The Balaban J connectivity index is 2.38. The minimum Gasteiger partial charge on any atom is -0.455 e. The summed E-state index contributed by atoms with van der Waals surface area (Å²) in [7, 11) is 0. The van der Waals surface area contributed by atoms with Crippen molar-refractivity contribution in [3.63, 3.8) is 0 Å². The van der Waals surface area contributed by atoms with E-state index in [-0.39, 0.29) is 17.6 Å². The molecule has 2 amide bonds. The van der Waals surface area contributed by atoms with Crippen molar-refractivity contribution in [3.8, 4) is 6.07 Å². The number of carbonyl (C=O) groups is 3. The predicted molar refractivity (Wildman–Crippen MR) is 105 cm³/mol. The van der Waals surface area contributed by atoms with Gasteiger partial charge in [0, 0.05) is 5.69 Å². The monoisotopic (exact) mass is 409 g/mol. The molecular formula is C19H24FN3O4S. The number of halogens is 1. The van der Waals surface area contributed by atoms with Crippen LogP contribution in [0.2, 0.25) is 0 Å². The Morgan fingerprint density at radius 3 is 2.36 bits per heavy atom. The Kier molecular flexibility index (Phi) is 8.92. The second kappa shape index (κ2) is 10.7. The molecule has 0 unspecified atom stereocenters. The van der Waals surface area contributed by atoms with E-state index >= 15 is 0 Å². The summed E-state index contributed by atoms with van der Waals surface area (Å²) in [5.41, 5.74) is -0.605. The lowest BCUT2D eigenvalue weighted by atomic mass is 9.90. The van der Waals surface area contributed by atoms with E-state index in [4.69, 9.17) is 4.74 Å². The highest BCUT2D eigenvalue weighted by Crippen LogP contribution is 2.16. The second-order valence-corrected chi connectivity index (χ2v) is 7.96. The smallest absolute Gasteiger partial charge is 0.319 e. The van der Waals surface area contributed by atoms with Gasteiger partial charge in [-0.05, 0) is 44.0 Å². The largest absolute Gasteiger partial charge is 0.455 e. The SMILES string of the molecule is CC(C)[C@](C)(C#N)NC(=O)COC(=O)[C@@H](C)SCC(=O)Nc1ccc(F)cc1. The quantitative estimate of drug-likeness (QED) is 0.607. The molecule has 0 aliphatic rings. The van der Waals surface area contributed by atoms with Crippen LogP contribution in [-0.4, -0.2) is 40.9 Å². The van der Waals surface area contributed by atoms with Crippen molar-refractivity contribution in [2.24, 2.45) is 5.92 Å². The molecule has 0 bridgehead atoms. The van der Waals surface area contributed by atoms with Crippen LogP contribution in [0.4, 0.5) is 10.1 Å². The maximum absolute atomic E-state index is 12.8. The number of ether oxygens (including phenoxy) is 1. The average Bonchev–Trinajstić information content (AvgIpc) is 2.65. The van der Waals surface area contributed by atoms with E-state index in [1.54, 1.807) is 27.7 Å². The lowest BCUT2D eigenvalue weighted by molar-refractivity contribution is -0.148. The third-order valence-electron chi connectivity index (χ3n) is 4.06. The standard InChI is InChI=1S/C19H24FN3O4S/c1-12(2)19(4,11-21)23-16(24)9-27-18(26)13(3)28-10-17(25)22-15-7-5-14(20)6-8-15/h5-8,12-13H,9-10H2,1-4H3,(H,22,25)(H,23,24)/t13-,19+/m1/s1. The molecular weight excluding hydrogens is 385 g/mol. The molecule has 2 N–H and O–H groups in total. The molecule has 1 aromatic carbocycles. The molecule has 0 aromatic heterocycles. The van der Waals surface area contributed by atoms with Crippen LogP contribution in [0.5, 0.6) is 0 Å². The number of nitriles is 1. The molecule has 9 heteroatoms. The second-order valence-electron chi connectivity index (χ2n) is 6.63. The third kappa shape index (κ3) is 7.56. The summed E-state index contributed by atoms with van der Waals surface area (Å²) in [5, 5.41) is 13.6. The zero-order valence-corrected chi connectivity index (χ0v) is 17.1. The van der Waals surface area contributed by atoms with Crippen LogP contribution in [0.25, 0.3) is 0 Å². The minimum atomic E-state index is -1.05. The van der Waals surface area contributed by atoms with Crippen molar-refractivity contribution in [2.45, 2.75) is 38.5 Å². The topological polar surface area (TPSA) is 108 Å². The van der Waals surface area contributed by atoms with Gasteiger partial charge in [-0.2, -0.15) is 5.26 Å². The summed E-state index contributed by atoms with van der Waals surface area (Å²) < 4.78 is 17.8. The van der Waals surface area contributed by atoms with E-state index in [2.05, 4.69) is 10.6 Å². The molecule has 0 fully saturated rings. The zero-order chi connectivity index (χ0) is 21.3. The summed E-state index contributed by atoms with van der Waals surface area (Å²) in [6, 6.07) is 7.35. The number of hydrogen-bond acceptors (Lipinski definition) is 6. The van der Waals surface area contributed by atoms with Crippen molar-refractivity contribution in [1.29, 1.82) is 5.26 Å². The third-order valence-corrected chi connectivity index (χ3v) is 5.18. The summed E-state index contributed by atoms with van der Waals surface area (Å²) in [4.78, 5) is 35.7. The zero-order valence-electron chi connectivity index (χ0n) is 16.2. The Bertz CT molecular complexity index is 749. The first kappa shape index (κ1) is 23.4. The number of rotatable bonds is 9. The number of carbonyl (C=O) groups excluding carboxylic acids is 3. The van der Waals surface area contributed by atoms with E-state index in [0.717, 1.165) is 11.8 Å². The minimum absolute atomic E-state index is 0.0142. The van der Waals surface area contributed by atoms with Crippen molar-refractivity contribution in [2.75, 3.05) is 17.7 Å². The molecule has 0 saturated heterocycles. The first-order valence-electron chi connectivity index (χ1n) is 8.63. The molecule has 1 rings (SSSR count). The highest BCUT2D eigenvalue weighted by atomic mass is 32.2. The average molecular weight is 409 g/mol. The van der Waals surface area contributed by atoms with Crippen LogP contribution in [0, 0.1) is 23.1 Å². The number of esters is 1. The van der Waals surface area contributed by atoms with Crippen molar-refractivity contribution >= 4 is 35.2 Å². The van der Waals surface area contributed by atoms with Gasteiger partial charge < -0.3 is 15.4 Å². The maximum Gasteiger partial charge on any atom is 0.319 e. The molecule has 152 valence electrons. The van der Waals surface area contributed by atoms with Gasteiger partial charge in [0.2, 0.25) is 5.91 Å². The Morgan fingerprint density at radius 1 is 1.21 bits per heavy atom. The number of anilines is 1. The Morgan fingerprint density at radius 2 is 1.82 bits per heavy atom. The van der Waals surface area contributed by atoms with Crippen molar-refractivity contribution in [3.05, 3.63) is 30.1 Å². The fraction of sp³-hybridized carbons (Fsp3) is 0.474. The number of hydrogen-bond donors (Lipinski definition) is 2. The van der Waals surface area contributed by atoms with Crippen LogP contribution in [0.1, 0.15) is 27.7 Å². The highest BCUT2D eigenvalue weighted by Gasteiger charge is 2.30. The number of amides is 2. The van der Waals surface area contributed by atoms with Crippen LogP contribution in [-0.2, 0) is 19.1 Å². The fourth-order valence-corrected chi connectivity index (χ4v) is 2.56. The highest BCUT2D eigenvalue weighted by molar-refractivity contribution is 8.01. The first-order chi connectivity index (χ1) is 13.1. The van der Waals surface area contributed by atoms with E-state index in [1.807, 2.05) is 6.07 Å². The summed E-state index contributed by atoms with van der Waals surface area (Å²) in [5.74, 6) is -2.10. The molecule has 0 aliphatic heterocycles. The number of thioether (sulfide) groups is 1. The summed E-state index contributed by atoms with van der Waals surface area (Å²) >= 11 is 1.04. The summed E-state index contributed by atoms with van der Waals surface area (Å²) in [6.07, 6.45) is 0. The van der Waals surface area contributed by atoms with E-state index in [0.29, 0.717) is 5.69 Å². The van der Waals surface area contributed by atoms with Crippen LogP contribution < -0.4 is 10.6 Å². The van der Waals surface area contributed by atoms with Crippen molar-refractivity contribution in [1.82, 2.24) is 5.32 Å². The molecule has 0 spiro atoms. The predicted octanol–water partition coefficient (Wildman–Crippen LogP) is 2.48. The van der Waals surface area contributed by atoms with E-state index < -0.39 is 35.1 Å².